The predicted molar refractivity (Wildman–Crippen MR) is 119 cm³/mol. The molecule has 2 aromatic rings. The summed E-state index contributed by atoms with van der Waals surface area (Å²) in [5, 5.41) is 4.45. The summed E-state index contributed by atoms with van der Waals surface area (Å²) in [6.07, 6.45) is 5.08. The van der Waals surface area contributed by atoms with Gasteiger partial charge in [-0.05, 0) is 19.3 Å². The summed E-state index contributed by atoms with van der Waals surface area (Å²) in [4.78, 5) is 17.6. The summed E-state index contributed by atoms with van der Waals surface area (Å²) < 4.78 is 16.7. The van der Waals surface area contributed by atoms with E-state index in [9.17, 15) is 4.79 Å². The lowest BCUT2D eigenvalue weighted by molar-refractivity contribution is -0.136. The van der Waals surface area contributed by atoms with E-state index in [4.69, 9.17) is 14.0 Å². The fraction of sp³-hybridized carbons (Fsp3) is 0.583. The van der Waals surface area contributed by atoms with E-state index in [0.29, 0.717) is 32.9 Å². The minimum Gasteiger partial charge on any atom is -0.385 e. The van der Waals surface area contributed by atoms with Gasteiger partial charge in [0.05, 0.1) is 25.3 Å². The Kier molecular flexibility index (Phi) is 7.59. The van der Waals surface area contributed by atoms with Crippen LogP contribution >= 0.6 is 0 Å². The first-order valence-electron chi connectivity index (χ1n) is 11.4. The van der Waals surface area contributed by atoms with Gasteiger partial charge in [-0.25, -0.2) is 0 Å². The highest BCUT2D eigenvalue weighted by atomic mass is 16.5. The number of benzene rings is 1. The number of ether oxygens (including phenoxy) is 2. The maximum absolute atomic E-state index is 13.4. The van der Waals surface area contributed by atoms with Crippen LogP contribution in [0.1, 0.15) is 37.7 Å². The zero-order chi connectivity index (χ0) is 21.5. The van der Waals surface area contributed by atoms with Crippen LogP contribution in [0.25, 0.3) is 11.3 Å². The first-order valence-corrected chi connectivity index (χ1v) is 11.4. The number of methoxy groups -OCH3 is 1. The molecule has 1 amide bonds. The molecule has 0 atom stereocenters. The van der Waals surface area contributed by atoms with Gasteiger partial charge in [0.2, 0.25) is 11.8 Å². The summed E-state index contributed by atoms with van der Waals surface area (Å²) in [5.41, 5.74) is 2.81. The molecule has 1 saturated carbocycles. The molecule has 1 aliphatic heterocycles. The Morgan fingerprint density at radius 2 is 1.94 bits per heavy atom. The highest BCUT2D eigenvalue weighted by Gasteiger charge is 2.31. The Bertz CT molecular complexity index is 827. The number of nitrogens with zero attached hydrogens (tertiary/aromatic N) is 3. The number of morpholine rings is 1. The van der Waals surface area contributed by atoms with Crippen LogP contribution in [0.15, 0.2) is 34.9 Å². The molecular formula is C24H33N3O4. The molecule has 31 heavy (non-hydrogen) atoms. The lowest BCUT2D eigenvalue weighted by Gasteiger charge is -2.29. The molecule has 0 N–H and O–H groups in total. The highest BCUT2D eigenvalue weighted by molar-refractivity contribution is 5.80. The fourth-order valence-corrected chi connectivity index (χ4v) is 4.57. The summed E-state index contributed by atoms with van der Waals surface area (Å²) in [5.74, 6) is 1.15. The van der Waals surface area contributed by atoms with Crippen LogP contribution in [0.4, 0.5) is 5.88 Å². The second kappa shape index (κ2) is 10.8. The highest BCUT2D eigenvalue weighted by Crippen LogP contribution is 2.34. The molecule has 1 aromatic heterocycles. The quantitative estimate of drug-likeness (QED) is 0.568. The normalized spacial score (nSPS) is 17.3. The molecule has 2 heterocycles. The second-order valence-corrected chi connectivity index (χ2v) is 8.37. The van der Waals surface area contributed by atoms with E-state index in [2.05, 4.69) is 10.1 Å². The topological polar surface area (TPSA) is 68.0 Å². The molecular weight excluding hydrogens is 394 g/mol. The van der Waals surface area contributed by atoms with E-state index in [-0.39, 0.29) is 11.8 Å². The smallest absolute Gasteiger partial charge is 0.233 e. The maximum atomic E-state index is 13.4. The van der Waals surface area contributed by atoms with E-state index >= 15 is 0 Å². The van der Waals surface area contributed by atoms with Crippen LogP contribution in [0.2, 0.25) is 0 Å². The summed E-state index contributed by atoms with van der Waals surface area (Å²) in [7, 11) is 1.70. The monoisotopic (exact) mass is 427 g/mol. The molecule has 2 fully saturated rings. The van der Waals surface area contributed by atoms with Crippen molar-refractivity contribution < 1.29 is 18.8 Å². The third-order valence-electron chi connectivity index (χ3n) is 6.25. The van der Waals surface area contributed by atoms with Crippen molar-refractivity contribution in [1.82, 2.24) is 10.1 Å². The zero-order valence-electron chi connectivity index (χ0n) is 18.4. The lowest BCUT2D eigenvalue weighted by Crippen LogP contribution is -2.38. The molecule has 1 aliphatic carbocycles. The largest absolute Gasteiger partial charge is 0.385 e. The van der Waals surface area contributed by atoms with Gasteiger partial charge in [0.25, 0.3) is 0 Å². The van der Waals surface area contributed by atoms with Gasteiger partial charge in [-0.1, -0.05) is 48.3 Å². The molecule has 1 saturated heterocycles. The Labute approximate surface area is 184 Å². The number of carbonyl (C=O) groups excluding carboxylic acids is 1. The maximum Gasteiger partial charge on any atom is 0.233 e. The van der Waals surface area contributed by atoms with Crippen LogP contribution < -0.4 is 4.90 Å². The van der Waals surface area contributed by atoms with Crippen LogP contribution in [-0.2, 0) is 20.8 Å². The molecule has 0 spiro atoms. The lowest BCUT2D eigenvalue weighted by atomic mass is 10.0. The van der Waals surface area contributed by atoms with Crippen LogP contribution in [-0.4, -0.2) is 62.5 Å². The molecule has 7 heteroatoms. The van der Waals surface area contributed by atoms with Crippen molar-refractivity contribution in [2.75, 3.05) is 51.5 Å². The van der Waals surface area contributed by atoms with Gasteiger partial charge < -0.3 is 23.8 Å². The Morgan fingerprint density at radius 3 is 2.65 bits per heavy atom. The minimum absolute atomic E-state index is 0.134. The molecule has 0 bridgehead atoms. The third kappa shape index (κ3) is 5.28. The van der Waals surface area contributed by atoms with E-state index in [1.54, 1.807) is 7.11 Å². The molecule has 2 aliphatic rings. The van der Waals surface area contributed by atoms with Crippen molar-refractivity contribution in [2.24, 2.45) is 5.92 Å². The number of rotatable bonds is 9. The number of hydrogen-bond acceptors (Lipinski definition) is 6. The number of amides is 1. The summed E-state index contributed by atoms with van der Waals surface area (Å²) in [6.45, 7) is 4.66. The van der Waals surface area contributed by atoms with Crippen molar-refractivity contribution in [1.29, 1.82) is 0 Å². The summed E-state index contributed by atoms with van der Waals surface area (Å²) in [6, 6.07) is 10.1. The first kappa shape index (κ1) is 21.8. The number of carbonyl (C=O) groups is 1. The Hall–Kier alpha value is -2.38. The van der Waals surface area contributed by atoms with Gasteiger partial charge in [0, 0.05) is 44.8 Å². The van der Waals surface area contributed by atoms with Crippen molar-refractivity contribution in [3.05, 3.63) is 35.9 Å². The van der Waals surface area contributed by atoms with E-state index < -0.39 is 0 Å². The standard InChI is InChI=1S/C24H33N3O4/c1-29-15-7-12-27(23(28)20-10-5-6-11-20)18-21-22(19-8-3-2-4-9-19)25-31-24(21)26-13-16-30-17-14-26/h2-4,8-9,20H,5-7,10-18H2,1H3. The van der Waals surface area contributed by atoms with Crippen LogP contribution in [0, 0.1) is 5.92 Å². The first-order chi connectivity index (χ1) is 15.3. The van der Waals surface area contributed by atoms with Gasteiger partial charge in [0.1, 0.15) is 5.69 Å². The number of hydrogen-bond donors (Lipinski definition) is 0. The van der Waals surface area contributed by atoms with E-state index in [0.717, 1.165) is 67.9 Å². The van der Waals surface area contributed by atoms with Gasteiger partial charge in [-0.2, -0.15) is 0 Å². The van der Waals surface area contributed by atoms with Gasteiger partial charge in [-0.15, -0.1) is 0 Å². The van der Waals surface area contributed by atoms with Gasteiger partial charge in [-0.3, -0.25) is 4.79 Å². The van der Waals surface area contributed by atoms with E-state index in [1.807, 2.05) is 35.2 Å². The second-order valence-electron chi connectivity index (χ2n) is 8.37. The fourth-order valence-electron chi connectivity index (χ4n) is 4.57. The molecule has 168 valence electrons. The molecule has 4 rings (SSSR count). The Balaban J connectivity index is 1.64. The zero-order valence-corrected chi connectivity index (χ0v) is 18.4. The van der Waals surface area contributed by atoms with E-state index in [1.165, 1.54) is 0 Å². The predicted octanol–water partition coefficient (Wildman–Crippen LogP) is 3.73. The Morgan fingerprint density at radius 1 is 1.19 bits per heavy atom. The average Bonchev–Trinajstić information content (AvgIpc) is 3.50. The van der Waals surface area contributed by atoms with Gasteiger partial charge >= 0.3 is 0 Å². The van der Waals surface area contributed by atoms with Crippen LogP contribution in [0.3, 0.4) is 0 Å². The minimum atomic E-state index is 0.134. The average molecular weight is 428 g/mol. The van der Waals surface area contributed by atoms with Crippen molar-refractivity contribution in [3.8, 4) is 11.3 Å². The SMILES string of the molecule is COCCCN(Cc1c(-c2ccccc2)noc1N1CCOCC1)C(=O)C1CCCC1. The molecule has 0 radical (unpaired) electrons. The third-order valence-corrected chi connectivity index (χ3v) is 6.25. The van der Waals surface area contributed by atoms with Crippen molar-refractivity contribution >= 4 is 11.8 Å². The molecule has 1 aromatic carbocycles. The van der Waals surface area contributed by atoms with Crippen LogP contribution in [0.5, 0.6) is 0 Å². The van der Waals surface area contributed by atoms with Crippen molar-refractivity contribution in [2.45, 2.75) is 38.6 Å². The van der Waals surface area contributed by atoms with Crippen molar-refractivity contribution in [3.63, 3.8) is 0 Å². The number of anilines is 1. The summed E-state index contributed by atoms with van der Waals surface area (Å²) >= 11 is 0. The van der Waals surface area contributed by atoms with Gasteiger partial charge in [0.15, 0.2) is 0 Å². The molecule has 7 nitrogen and oxygen atoms in total. The number of aromatic nitrogens is 1. The molecule has 0 unspecified atom stereocenters.